The number of rotatable bonds is 3. The highest BCUT2D eigenvalue weighted by molar-refractivity contribution is 5.89. The fraction of sp³-hybridized carbons (Fsp3) is 0.500. The minimum Gasteiger partial charge on any atom is -0.459 e. The van der Waals surface area contributed by atoms with E-state index in [1.807, 2.05) is 7.05 Å². The molecule has 0 aliphatic heterocycles. The van der Waals surface area contributed by atoms with Gasteiger partial charge < -0.3 is 9.73 Å². The van der Waals surface area contributed by atoms with Gasteiger partial charge in [0.05, 0.1) is 6.54 Å². The quantitative estimate of drug-likeness (QED) is 0.882. The van der Waals surface area contributed by atoms with Gasteiger partial charge in [0.1, 0.15) is 11.3 Å². The van der Waals surface area contributed by atoms with Gasteiger partial charge in [-0.3, -0.25) is 0 Å². The Labute approximate surface area is 108 Å². The molecule has 0 spiro atoms. The van der Waals surface area contributed by atoms with Crippen LogP contribution in [-0.2, 0) is 6.54 Å². The third kappa shape index (κ3) is 1.67. The zero-order chi connectivity index (χ0) is 12.9. The van der Waals surface area contributed by atoms with Gasteiger partial charge in [-0.2, -0.15) is 0 Å². The summed E-state index contributed by atoms with van der Waals surface area (Å²) in [6.07, 6.45) is 2.63. The van der Waals surface area contributed by atoms with Gasteiger partial charge in [0.25, 0.3) is 0 Å². The Morgan fingerprint density at radius 3 is 2.56 bits per heavy atom. The third-order valence-electron chi connectivity index (χ3n) is 4.10. The van der Waals surface area contributed by atoms with Crippen LogP contribution in [-0.4, -0.2) is 7.05 Å². The molecule has 1 aliphatic rings. The normalized spacial score (nSPS) is 15.6. The molecular weight excluding hydrogens is 222 g/mol. The molecule has 0 bridgehead atoms. The van der Waals surface area contributed by atoms with Crippen LogP contribution in [0, 0.1) is 20.8 Å². The minimum atomic E-state index is 0.732. The molecule has 2 aromatic rings. The molecule has 1 heterocycles. The van der Waals surface area contributed by atoms with Crippen molar-refractivity contribution >= 4 is 11.0 Å². The van der Waals surface area contributed by atoms with Crippen LogP contribution < -0.4 is 5.32 Å². The highest BCUT2D eigenvalue weighted by Crippen LogP contribution is 2.47. The minimum absolute atomic E-state index is 0.732. The Balaban J connectivity index is 2.33. The molecular formula is C16H21NO. The number of furan rings is 1. The molecule has 1 saturated carbocycles. The predicted molar refractivity (Wildman–Crippen MR) is 75.2 cm³/mol. The Hall–Kier alpha value is -1.28. The molecule has 1 aliphatic carbocycles. The number of benzene rings is 1. The van der Waals surface area contributed by atoms with Gasteiger partial charge in [0.2, 0.25) is 0 Å². The number of nitrogens with one attached hydrogen (secondary N) is 1. The lowest BCUT2D eigenvalue weighted by Crippen LogP contribution is -2.05. The SMILES string of the molecule is CNCc1oc2c(C)c(C)cc(C)c2c1C1CC1. The Bertz CT molecular complexity index is 605. The van der Waals surface area contributed by atoms with E-state index < -0.39 is 0 Å². The molecule has 2 nitrogen and oxygen atoms in total. The van der Waals surface area contributed by atoms with Crippen LogP contribution in [0.3, 0.4) is 0 Å². The van der Waals surface area contributed by atoms with Crippen molar-refractivity contribution in [2.24, 2.45) is 0 Å². The summed E-state index contributed by atoms with van der Waals surface area (Å²) in [5.41, 5.74) is 6.56. The van der Waals surface area contributed by atoms with E-state index >= 15 is 0 Å². The summed E-state index contributed by atoms with van der Waals surface area (Å²) in [5.74, 6) is 1.88. The summed E-state index contributed by atoms with van der Waals surface area (Å²) in [5, 5.41) is 4.61. The number of hydrogen-bond donors (Lipinski definition) is 1. The topological polar surface area (TPSA) is 25.2 Å². The van der Waals surface area contributed by atoms with Gasteiger partial charge in [-0.1, -0.05) is 6.07 Å². The molecule has 1 fully saturated rings. The van der Waals surface area contributed by atoms with Crippen molar-refractivity contribution in [1.29, 1.82) is 0 Å². The van der Waals surface area contributed by atoms with E-state index in [9.17, 15) is 0 Å². The van der Waals surface area contributed by atoms with Crippen molar-refractivity contribution in [3.05, 3.63) is 34.1 Å². The summed E-state index contributed by atoms with van der Waals surface area (Å²) in [6.45, 7) is 7.37. The lowest BCUT2D eigenvalue weighted by molar-refractivity contribution is 0.522. The van der Waals surface area contributed by atoms with Gasteiger partial charge in [-0.15, -0.1) is 0 Å². The highest BCUT2D eigenvalue weighted by atomic mass is 16.3. The van der Waals surface area contributed by atoms with Gasteiger partial charge in [0.15, 0.2) is 0 Å². The van der Waals surface area contributed by atoms with Crippen LogP contribution in [0.4, 0.5) is 0 Å². The lowest BCUT2D eigenvalue weighted by Gasteiger charge is -2.05. The van der Waals surface area contributed by atoms with Crippen LogP contribution in [0.2, 0.25) is 0 Å². The first-order chi connectivity index (χ1) is 8.63. The molecule has 96 valence electrons. The van der Waals surface area contributed by atoms with Crippen molar-refractivity contribution < 1.29 is 4.42 Å². The average Bonchev–Trinajstić information content (AvgIpc) is 3.09. The smallest absolute Gasteiger partial charge is 0.138 e. The van der Waals surface area contributed by atoms with Crippen molar-refractivity contribution in [3.8, 4) is 0 Å². The maximum Gasteiger partial charge on any atom is 0.138 e. The second-order valence-corrected chi connectivity index (χ2v) is 5.58. The zero-order valence-electron chi connectivity index (χ0n) is 11.7. The van der Waals surface area contributed by atoms with Crippen LogP contribution in [0.5, 0.6) is 0 Å². The van der Waals surface area contributed by atoms with E-state index in [2.05, 4.69) is 32.2 Å². The van der Waals surface area contributed by atoms with Gasteiger partial charge >= 0.3 is 0 Å². The van der Waals surface area contributed by atoms with Crippen LogP contribution >= 0.6 is 0 Å². The Morgan fingerprint density at radius 2 is 1.94 bits per heavy atom. The van der Waals surface area contributed by atoms with Gasteiger partial charge in [-0.25, -0.2) is 0 Å². The molecule has 0 radical (unpaired) electrons. The third-order valence-corrected chi connectivity index (χ3v) is 4.10. The van der Waals surface area contributed by atoms with Crippen LogP contribution in [0.1, 0.15) is 46.8 Å². The second kappa shape index (κ2) is 4.13. The van der Waals surface area contributed by atoms with Gasteiger partial charge in [0, 0.05) is 10.9 Å². The van der Waals surface area contributed by atoms with E-state index in [-0.39, 0.29) is 0 Å². The predicted octanol–water partition coefficient (Wildman–Crippen LogP) is 3.95. The summed E-state index contributed by atoms with van der Waals surface area (Å²) >= 11 is 0. The molecule has 2 heteroatoms. The van der Waals surface area contributed by atoms with Crippen molar-refractivity contribution in [2.45, 2.75) is 46.1 Å². The molecule has 0 unspecified atom stereocenters. The maximum absolute atomic E-state index is 6.17. The van der Waals surface area contributed by atoms with Crippen molar-refractivity contribution in [1.82, 2.24) is 5.32 Å². The summed E-state index contributed by atoms with van der Waals surface area (Å²) in [7, 11) is 1.98. The first-order valence-corrected chi connectivity index (χ1v) is 6.80. The molecule has 0 amide bonds. The Kier molecular flexibility index (Phi) is 2.70. The summed E-state index contributed by atoms with van der Waals surface area (Å²) in [4.78, 5) is 0. The second-order valence-electron chi connectivity index (χ2n) is 5.58. The van der Waals surface area contributed by atoms with Crippen molar-refractivity contribution in [2.75, 3.05) is 7.05 Å². The van der Waals surface area contributed by atoms with E-state index in [1.54, 1.807) is 0 Å². The lowest BCUT2D eigenvalue weighted by atomic mass is 9.97. The van der Waals surface area contributed by atoms with Crippen LogP contribution in [0.25, 0.3) is 11.0 Å². The first-order valence-electron chi connectivity index (χ1n) is 6.80. The maximum atomic E-state index is 6.17. The molecule has 1 aromatic carbocycles. The zero-order valence-corrected chi connectivity index (χ0v) is 11.7. The number of hydrogen-bond acceptors (Lipinski definition) is 2. The summed E-state index contributed by atoms with van der Waals surface area (Å²) in [6, 6.07) is 2.29. The first kappa shape index (κ1) is 11.8. The molecule has 0 saturated heterocycles. The summed E-state index contributed by atoms with van der Waals surface area (Å²) < 4.78 is 6.17. The fourth-order valence-corrected chi connectivity index (χ4v) is 2.93. The van der Waals surface area contributed by atoms with E-state index in [0.29, 0.717) is 0 Å². The van der Waals surface area contributed by atoms with E-state index in [0.717, 1.165) is 23.8 Å². The molecule has 3 rings (SSSR count). The standard InChI is InChI=1S/C16H21NO/c1-9-7-10(2)14-15(12-5-6-12)13(8-17-4)18-16(14)11(9)3/h7,12,17H,5-6,8H2,1-4H3. The average molecular weight is 243 g/mol. The van der Waals surface area contributed by atoms with Crippen molar-refractivity contribution in [3.63, 3.8) is 0 Å². The van der Waals surface area contributed by atoms with Gasteiger partial charge in [-0.05, 0) is 63.3 Å². The fourth-order valence-electron chi connectivity index (χ4n) is 2.93. The van der Waals surface area contributed by atoms with Crippen LogP contribution in [0.15, 0.2) is 10.5 Å². The molecule has 1 aromatic heterocycles. The molecule has 18 heavy (non-hydrogen) atoms. The monoisotopic (exact) mass is 243 g/mol. The number of aryl methyl sites for hydroxylation is 3. The van der Waals surface area contributed by atoms with E-state index in [1.165, 1.54) is 40.5 Å². The number of fused-ring (bicyclic) bond motifs is 1. The van der Waals surface area contributed by atoms with E-state index in [4.69, 9.17) is 4.42 Å². The largest absolute Gasteiger partial charge is 0.459 e. The highest BCUT2D eigenvalue weighted by Gasteiger charge is 2.31. The Morgan fingerprint density at radius 1 is 1.22 bits per heavy atom. The molecule has 0 atom stereocenters. The molecule has 1 N–H and O–H groups in total.